The van der Waals surface area contributed by atoms with E-state index in [0.717, 1.165) is 25.2 Å². The van der Waals surface area contributed by atoms with Crippen molar-refractivity contribution in [3.05, 3.63) is 29.6 Å². The van der Waals surface area contributed by atoms with Crippen LogP contribution in [-0.4, -0.2) is 18.9 Å². The number of amidine groups is 1. The van der Waals surface area contributed by atoms with Gasteiger partial charge in [0.1, 0.15) is 11.7 Å². The van der Waals surface area contributed by atoms with Gasteiger partial charge in [-0.2, -0.15) is 0 Å². The Hall–Kier alpha value is -1.58. The summed E-state index contributed by atoms with van der Waals surface area (Å²) in [6.45, 7) is 6.37. The maximum absolute atomic E-state index is 13.2. The van der Waals surface area contributed by atoms with Gasteiger partial charge in [-0.1, -0.05) is 13.8 Å². The van der Waals surface area contributed by atoms with Crippen LogP contribution in [0.2, 0.25) is 0 Å². The molecule has 0 spiro atoms. The van der Waals surface area contributed by atoms with Gasteiger partial charge < -0.3 is 10.6 Å². The normalized spacial score (nSPS) is 19.6. The minimum absolute atomic E-state index is 0.0718. The van der Waals surface area contributed by atoms with Crippen LogP contribution in [-0.2, 0) is 0 Å². The fraction of sp³-hybridized carbons (Fsp3) is 0.500. The van der Waals surface area contributed by atoms with Crippen molar-refractivity contribution in [3.8, 4) is 0 Å². The molecule has 4 heteroatoms. The van der Waals surface area contributed by atoms with Gasteiger partial charge in [0.2, 0.25) is 0 Å². The molecule has 98 valence electrons. The third kappa shape index (κ3) is 2.47. The average molecular weight is 249 g/mol. The minimum atomic E-state index is -0.344. The van der Waals surface area contributed by atoms with Crippen LogP contribution in [0, 0.1) is 23.1 Å². The molecule has 1 saturated heterocycles. The largest absolute Gasteiger partial charge is 0.384 e. The Morgan fingerprint density at radius 3 is 2.78 bits per heavy atom. The molecule has 1 atom stereocenters. The van der Waals surface area contributed by atoms with Crippen LogP contribution >= 0.6 is 0 Å². The van der Waals surface area contributed by atoms with E-state index in [9.17, 15) is 4.39 Å². The highest BCUT2D eigenvalue weighted by Gasteiger charge is 2.26. The summed E-state index contributed by atoms with van der Waals surface area (Å²) in [6.07, 6.45) is 1.15. The Morgan fingerprint density at radius 1 is 1.50 bits per heavy atom. The molecule has 1 fully saturated rings. The lowest BCUT2D eigenvalue weighted by Crippen LogP contribution is -2.25. The number of hydrogen-bond donors (Lipinski definition) is 2. The second-order valence-corrected chi connectivity index (χ2v) is 5.31. The zero-order valence-corrected chi connectivity index (χ0v) is 10.9. The number of benzene rings is 1. The number of nitrogens with one attached hydrogen (secondary N) is 1. The van der Waals surface area contributed by atoms with Gasteiger partial charge in [-0.05, 0) is 36.5 Å². The van der Waals surface area contributed by atoms with E-state index in [1.165, 1.54) is 12.1 Å². The molecule has 18 heavy (non-hydrogen) atoms. The number of hydrogen-bond acceptors (Lipinski definition) is 2. The molecule has 1 unspecified atom stereocenters. The zero-order chi connectivity index (χ0) is 13.3. The first-order chi connectivity index (χ1) is 8.49. The van der Waals surface area contributed by atoms with Gasteiger partial charge in [-0.3, -0.25) is 5.41 Å². The SMILES string of the molecule is CC(C)C1CCN(c2ccc(F)cc2C(=N)N)C1. The Labute approximate surface area is 107 Å². The van der Waals surface area contributed by atoms with Crippen LogP contribution < -0.4 is 10.6 Å². The van der Waals surface area contributed by atoms with E-state index < -0.39 is 0 Å². The number of halogens is 1. The minimum Gasteiger partial charge on any atom is -0.384 e. The zero-order valence-electron chi connectivity index (χ0n) is 10.9. The summed E-state index contributed by atoms with van der Waals surface area (Å²) in [7, 11) is 0. The van der Waals surface area contributed by atoms with Crippen molar-refractivity contribution in [2.75, 3.05) is 18.0 Å². The molecule has 0 aliphatic carbocycles. The second-order valence-electron chi connectivity index (χ2n) is 5.31. The average Bonchev–Trinajstić information content (AvgIpc) is 2.78. The van der Waals surface area contributed by atoms with Gasteiger partial charge in [-0.15, -0.1) is 0 Å². The van der Waals surface area contributed by atoms with E-state index in [1.54, 1.807) is 6.07 Å². The third-order valence-electron chi connectivity index (χ3n) is 3.76. The van der Waals surface area contributed by atoms with Crippen molar-refractivity contribution in [2.24, 2.45) is 17.6 Å². The van der Waals surface area contributed by atoms with E-state index in [-0.39, 0.29) is 11.7 Å². The predicted molar refractivity (Wildman–Crippen MR) is 72.6 cm³/mol. The van der Waals surface area contributed by atoms with E-state index in [4.69, 9.17) is 11.1 Å². The van der Waals surface area contributed by atoms with Crippen molar-refractivity contribution in [1.29, 1.82) is 5.41 Å². The summed E-state index contributed by atoms with van der Waals surface area (Å²) in [5.41, 5.74) is 6.92. The van der Waals surface area contributed by atoms with Crippen LogP contribution in [0.3, 0.4) is 0 Å². The summed E-state index contributed by atoms with van der Waals surface area (Å²) < 4.78 is 13.2. The van der Waals surface area contributed by atoms with Gasteiger partial charge in [0.15, 0.2) is 0 Å². The fourth-order valence-electron chi connectivity index (χ4n) is 2.55. The summed E-state index contributed by atoms with van der Waals surface area (Å²) in [6, 6.07) is 4.51. The molecule has 1 aromatic carbocycles. The third-order valence-corrected chi connectivity index (χ3v) is 3.76. The molecule has 0 aromatic heterocycles. The molecule has 0 radical (unpaired) electrons. The van der Waals surface area contributed by atoms with E-state index >= 15 is 0 Å². The summed E-state index contributed by atoms with van der Waals surface area (Å²) in [5.74, 6) is 0.896. The van der Waals surface area contributed by atoms with Gasteiger partial charge in [0, 0.05) is 24.3 Å². The summed E-state index contributed by atoms with van der Waals surface area (Å²) in [5, 5.41) is 7.56. The van der Waals surface area contributed by atoms with Crippen molar-refractivity contribution >= 4 is 11.5 Å². The number of nitrogen functional groups attached to an aromatic ring is 1. The monoisotopic (exact) mass is 249 g/mol. The van der Waals surface area contributed by atoms with E-state index in [1.807, 2.05) is 0 Å². The van der Waals surface area contributed by atoms with Gasteiger partial charge in [-0.25, -0.2) is 4.39 Å². The highest BCUT2D eigenvalue weighted by Crippen LogP contribution is 2.30. The van der Waals surface area contributed by atoms with Crippen molar-refractivity contribution in [1.82, 2.24) is 0 Å². The Bertz CT molecular complexity index is 456. The van der Waals surface area contributed by atoms with Crippen molar-refractivity contribution < 1.29 is 4.39 Å². The maximum Gasteiger partial charge on any atom is 0.125 e. The number of nitrogens with two attached hydrogens (primary N) is 1. The Balaban J connectivity index is 2.27. The molecule has 0 amide bonds. The predicted octanol–water partition coefficient (Wildman–Crippen LogP) is 2.59. The van der Waals surface area contributed by atoms with Crippen LogP contribution in [0.4, 0.5) is 10.1 Å². The Kier molecular flexibility index (Phi) is 3.55. The van der Waals surface area contributed by atoms with Crippen LogP contribution in [0.5, 0.6) is 0 Å². The van der Waals surface area contributed by atoms with Crippen LogP contribution in [0.25, 0.3) is 0 Å². The molecule has 3 nitrogen and oxygen atoms in total. The molecular weight excluding hydrogens is 229 g/mol. The first-order valence-electron chi connectivity index (χ1n) is 6.38. The first kappa shape index (κ1) is 12.9. The number of nitrogens with zero attached hydrogens (tertiary/aromatic N) is 1. The molecular formula is C14H20FN3. The molecule has 1 aliphatic rings. The van der Waals surface area contributed by atoms with E-state index in [2.05, 4.69) is 18.7 Å². The summed E-state index contributed by atoms with van der Waals surface area (Å²) >= 11 is 0. The lowest BCUT2D eigenvalue weighted by Gasteiger charge is -2.22. The van der Waals surface area contributed by atoms with E-state index in [0.29, 0.717) is 17.4 Å². The molecule has 2 rings (SSSR count). The maximum atomic E-state index is 13.2. The van der Waals surface area contributed by atoms with Crippen molar-refractivity contribution in [3.63, 3.8) is 0 Å². The lowest BCUT2D eigenvalue weighted by atomic mass is 9.95. The molecule has 1 aliphatic heterocycles. The second kappa shape index (κ2) is 4.96. The van der Waals surface area contributed by atoms with Gasteiger partial charge in [0.25, 0.3) is 0 Å². The smallest absolute Gasteiger partial charge is 0.125 e. The highest BCUT2D eigenvalue weighted by molar-refractivity contribution is 6.00. The fourth-order valence-corrected chi connectivity index (χ4v) is 2.55. The number of rotatable bonds is 3. The lowest BCUT2D eigenvalue weighted by molar-refractivity contribution is 0.423. The molecule has 3 N–H and O–H groups in total. The molecule has 1 heterocycles. The van der Waals surface area contributed by atoms with Gasteiger partial charge in [0.05, 0.1) is 0 Å². The molecule has 0 saturated carbocycles. The standard InChI is InChI=1S/C14H20FN3/c1-9(2)10-5-6-18(8-10)13-4-3-11(15)7-12(13)14(16)17/h3-4,7,9-10H,5-6,8H2,1-2H3,(H3,16,17). The molecule has 1 aromatic rings. The topological polar surface area (TPSA) is 53.1 Å². The first-order valence-corrected chi connectivity index (χ1v) is 6.38. The summed E-state index contributed by atoms with van der Waals surface area (Å²) in [4.78, 5) is 2.21. The molecule has 0 bridgehead atoms. The number of anilines is 1. The van der Waals surface area contributed by atoms with Crippen LogP contribution in [0.1, 0.15) is 25.8 Å². The Morgan fingerprint density at radius 2 is 2.22 bits per heavy atom. The van der Waals surface area contributed by atoms with Crippen LogP contribution in [0.15, 0.2) is 18.2 Å². The quantitative estimate of drug-likeness (QED) is 0.639. The van der Waals surface area contributed by atoms with Gasteiger partial charge >= 0.3 is 0 Å². The van der Waals surface area contributed by atoms with Crippen molar-refractivity contribution in [2.45, 2.75) is 20.3 Å². The highest BCUT2D eigenvalue weighted by atomic mass is 19.1.